The topological polar surface area (TPSA) is 34.1 Å². The fourth-order valence-electron chi connectivity index (χ4n) is 0.843. The van der Waals surface area contributed by atoms with Gasteiger partial charge >= 0.3 is 61.2 Å². The van der Waals surface area contributed by atoms with Crippen molar-refractivity contribution in [1.82, 2.24) is 0 Å². The van der Waals surface area contributed by atoms with Crippen molar-refractivity contribution in [3.8, 4) is 0 Å². The van der Waals surface area contributed by atoms with Crippen LogP contribution in [0.1, 0.15) is 19.3 Å². The number of carbonyl (C=O) groups is 2. The zero-order valence-corrected chi connectivity index (χ0v) is 5.76. The van der Waals surface area contributed by atoms with Crippen LogP contribution in [0.2, 0.25) is 4.82 Å². The standard InChI is InChI=1S/C6H7O2.Cu/c7-5-3-1-2-4-6(5)8;/h3H,1-2,4H2;. The van der Waals surface area contributed by atoms with Crippen LogP contribution in [0.3, 0.4) is 0 Å². The average Bonchev–Trinajstić information content (AvgIpc) is 1.83. The van der Waals surface area contributed by atoms with Crippen molar-refractivity contribution < 1.29 is 25.6 Å². The van der Waals surface area contributed by atoms with Crippen molar-refractivity contribution in [2.75, 3.05) is 0 Å². The molecule has 1 aliphatic carbocycles. The van der Waals surface area contributed by atoms with Crippen LogP contribution in [0.4, 0.5) is 0 Å². The van der Waals surface area contributed by atoms with E-state index in [-0.39, 0.29) is 11.6 Å². The molecule has 1 saturated carbocycles. The maximum atomic E-state index is 10.7. The Kier molecular flexibility index (Phi) is 2.04. The fourth-order valence-corrected chi connectivity index (χ4v) is 1.19. The van der Waals surface area contributed by atoms with E-state index in [9.17, 15) is 9.59 Å². The molecule has 0 spiro atoms. The van der Waals surface area contributed by atoms with Gasteiger partial charge in [0.15, 0.2) is 0 Å². The molecule has 0 aromatic heterocycles. The van der Waals surface area contributed by atoms with Gasteiger partial charge in [0.2, 0.25) is 0 Å². The SMILES string of the molecule is O=C1CCC[CH]([Cu])C1=O. The van der Waals surface area contributed by atoms with Crippen LogP contribution in [0.25, 0.3) is 0 Å². The van der Waals surface area contributed by atoms with Crippen molar-refractivity contribution in [2.45, 2.75) is 24.1 Å². The fraction of sp³-hybridized carbons (Fsp3) is 0.667. The van der Waals surface area contributed by atoms with Gasteiger partial charge in [0.05, 0.1) is 0 Å². The molecule has 0 aliphatic heterocycles. The first-order chi connectivity index (χ1) is 4.22. The Balaban J connectivity index is 2.62. The van der Waals surface area contributed by atoms with E-state index in [1.807, 2.05) is 0 Å². The van der Waals surface area contributed by atoms with Gasteiger partial charge in [0.1, 0.15) is 0 Å². The predicted molar refractivity (Wildman–Crippen MR) is 27.6 cm³/mol. The monoisotopic (exact) mass is 174 g/mol. The molecule has 2 nitrogen and oxygen atoms in total. The maximum absolute atomic E-state index is 10.7. The summed E-state index contributed by atoms with van der Waals surface area (Å²) in [6.45, 7) is 0. The number of hydrogen-bond donors (Lipinski definition) is 0. The third kappa shape index (κ3) is 1.40. The Morgan fingerprint density at radius 2 is 2.11 bits per heavy atom. The second kappa shape index (κ2) is 2.63. The van der Waals surface area contributed by atoms with Crippen molar-refractivity contribution in [3.05, 3.63) is 0 Å². The van der Waals surface area contributed by atoms with E-state index in [1.165, 1.54) is 0 Å². The van der Waals surface area contributed by atoms with Crippen LogP contribution in [0.5, 0.6) is 0 Å². The second-order valence-electron chi connectivity index (χ2n) is 2.09. The Morgan fingerprint density at radius 1 is 1.44 bits per heavy atom. The summed E-state index contributed by atoms with van der Waals surface area (Å²) in [6.07, 6.45) is 1.89. The van der Waals surface area contributed by atoms with Gasteiger partial charge in [-0.05, 0) is 0 Å². The molecule has 0 radical (unpaired) electrons. The van der Waals surface area contributed by atoms with Crippen LogP contribution < -0.4 is 0 Å². The molecule has 0 heterocycles. The first-order valence-corrected chi connectivity index (χ1v) is 3.43. The zero-order chi connectivity index (χ0) is 6.85. The summed E-state index contributed by atoms with van der Waals surface area (Å²) in [4.78, 5) is 20.8. The van der Waals surface area contributed by atoms with Gasteiger partial charge in [0.25, 0.3) is 0 Å². The molecule has 0 N–H and O–H groups in total. The first-order valence-electron chi connectivity index (χ1n) is 2.88. The molecule has 1 unspecified atom stereocenters. The zero-order valence-electron chi connectivity index (χ0n) is 4.82. The molecule has 1 rings (SSSR count). The first kappa shape index (κ1) is 6.97. The quantitative estimate of drug-likeness (QED) is 0.399. The van der Waals surface area contributed by atoms with Crippen molar-refractivity contribution in [2.24, 2.45) is 0 Å². The molecule has 1 atom stereocenters. The molecule has 9 heavy (non-hydrogen) atoms. The molecular weight excluding hydrogens is 168 g/mol. The van der Waals surface area contributed by atoms with Gasteiger partial charge in [0, 0.05) is 0 Å². The van der Waals surface area contributed by atoms with E-state index in [2.05, 4.69) is 0 Å². The normalized spacial score (nSPS) is 28.9. The van der Waals surface area contributed by atoms with E-state index in [1.54, 1.807) is 0 Å². The molecule has 1 aliphatic rings. The van der Waals surface area contributed by atoms with E-state index in [4.69, 9.17) is 16.0 Å². The summed E-state index contributed by atoms with van der Waals surface area (Å²) in [6, 6.07) is 0. The number of carbonyl (C=O) groups excluding carboxylic acids is 2. The van der Waals surface area contributed by atoms with Gasteiger partial charge in [-0.15, -0.1) is 0 Å². The molecule has 0 amide bonds. The number of ketones is 2. The van der Waals surface area contributed by atoms with Gasteiger partial charge in [-0.25, -0.2) is 0 Å². The third-order valence-corrected chi connectivity index (χ3v) is 1.90. The van der Waals surface area contributed by atoms with Crippen LogP contribution in [-0.2, 0) is 25.6 Å². The minimum absolute atomic E-state index is 0.282. The Hall–Kier alpha value is -0.141. The van der Waals surface area contributed by atoms with E-state index < -0.39 is 4.82 Å². The second-order valence-corrected chi connectivity index (χ2v) is 2.75. The van der Waals surface area contributed by atoms with Crippen LogP contribution in [-0.4, -0.2) is 11.6 Å². The molecule has 0 aromatic rings. The summed E-state index contributed by atoms with van der Waals surface area (Å²) >= 11 is 4.86. The number of hydrogen-bond acceptors (Lipinski definition) is 2. The number of Topliss-reactive ketones (excluding diaryl/α,β-unsaturated/α-hetero) is 2. The van der Waals surface area contributed by atoms with Gasteiger partial charge < -0.3 is 0 Å². The average molecular weight is 175 g/mol. The van der Waals surface area contributed by atoms with Crippen LogP contribution >= 0.6 is 0 Å². The van der Waals surface area contributed by atoms with Crippen molar-refractivity contribution >= 4 is 11.6 Å². The Bertz CT molecular complexity index is 153. The summed E-state index contributed by atoms with van der Waals surface area (Å²) < 4.78 is 0. The third-order valence-electron chi connectivity index (χ3n) is 1.38. The summed E-state index contributed by atoms with van der Waals surface area (Å²) in [5, 5.41) is 0. The molecule has 1 fully saturated rings. The van der Waals surface area contributed by atoms with Crippen LogP contribution in [0.15, 0.2) is 0 Å². The molecule has 0 saturated heterocycles. The van der Waals surface area contributed by atoms with Crippen molar-refractivity contribution in [3.63, 3.8) is 0 Å². The molecule has 0 aromatic carbocycles. The van der Waals surface area contributed by atoms with E-state index in [0.29, 0.717) is 12.8 Å². The van der Waals surface area contributed by atoms with Gasteiger partial charge in [-0.1, -0.05) is 0 Å². The molecule has 3 heteroatoms. The molecular formula is C6H7CuO2. The Morgan fingerprint density at radius 3 is 2.56 bits per heavy atom. The van der Waals surface area contributed by atoms with E-state index >= 15 is 0 Å². The summed E-state index contributed by atoms with van der Waals surface area (Å²) in [5.74, 6) is -0.642. The van der Waals surface area contributed by atoms with Gasteiger partial charge in [-0.3, -0.25) is 0 Å². The summed E-state index contributed by atoms with van der Waals surface area (Å²) in [7, 11) is 0. The predicted octanol–water partition coefficient (Wildman–Crippen LogP) is 0.644. The Labute approximate surface area is 61.8 Å². The van der Waals surface area contributed by atoms with Crippen LogP contribution in [0, 0.1) is 0 Å². The molecule has 0 bridgehead atoms. The number of rotatable bonds is 0. The van der Waals surface area contributed by atoms with E-state index in [0.717, 1.165) is 6.42 Å². The van der Waals surface area contributed by atoms with Crippen molar-refractivity contribution in [1.29, 1.82) is 0 Å². The minimum atomic E-state index is -0.446. The molecule has 54 valence electrons. The van der Waals surface area contributed by atoms with Gasteiger partial charge in [-0.2, -0.15) is 0 Å². The summed E-state index contributed by atoms with van der Waals surface area (Å²) in [5.41, 5.74) is 0.